The molecule has 0 aliphatic heterocycles. The lowest BCUT2D eigenvalue weighted by molar-refractivity contribution is 0.718. The van der Waals surface area contributed by atoms with Crippen molar-refractivity contribution in [2.45, 2.75) is 91.3 Å². The molecule has 0 fully saturated rings. The summed E-state index contributed by atoms with van der Waals surface area (Å²) in [7, 11) is 0. The molecule has 0 unspecified atom stereocenters. The lowest BCUT2D eigenvalue weighted by Crippen LogP contribution is -2.12. The minimum Gasteiger partial charge on any atom is -0.309 e. The summed E-state index contributed by atoms with van der Waals surface area (Å²) in [5, 5.41) is 2.66. The fraction of sp³-hybridized carbons (Fsp3) is 0.438. The zero-order valence-electron chi connectivity index (χ0n) is 22.0. The molecule has 0 aliphatic carbocycles. The molecule has 1 heterocycles. The first kappa shape index (κ1) is 26.1. The zero-order valence-corrected chi connectivity index (χ0v) is 23.5. The number of nitrogens with zero attached hydrogens (tertiary/aromatic N) is 1. The third kappa shape index (κ3) is 4.75. The van der Waals surface area contributed by atoms with Gasteiger partial charge in [0.1, 0.15) is 0 Å². The van der Waals surface area contributed by atoms with E-state index >= 15 is 0 Å². The topological polar surface area (TPSA) is 4.93 Å². The lowest BCUT2D eigenvalue weighted by Gasteiger charge is -2.25. The lowest BCUT2D eigenvalue weighted by atomic mass is 9.88. The Morgan fingerprint density at radius 3 is 2.00 bits per heavy atom. The molecule has 186 valence electrons. The minimum atomic E-state index is 0.496. The SMILES string of the molecule is CCCCCc1ccc2c(c1)c1cc(C)ccc1n2-c1c(CCl)c(C)c(CC)c(CCl)c1CCC. The summed E-state index contributed by atoms with van der Waals surface area (Å²) >= 11 is 13.4. The minimum absolute atomic E-state index is 0.496. The molecule has 0 bridgehead atoms. The van der Waals surface area contributed by atoms with Gasteiger partial charge in [0.15, 0.2) is 0 Å². The number of halogens is 2. The van der Waals surface area contributed by atoms with Crippen molar-refractivity contribution in [3.63, 3.8) is 0 Å². The van der Waals surface area contributed by atoms with E-state index in [-0.39, 0.29) is 0 Å². The second-order valence-corrected chi connectivity index (χ2v) is 10.5. The van der Waals surface area contributed by atoms with Crippen molar-refractivity contribution in [2.75, 3.05) is 0 Å². The third-order valence-corrected chi connectivity index (χ3v) is 8.14. The van der Waals surface area contributed by atoms with Crippen LogP contribution >= 0.6 is 23.2 Å². The fourth-order valence-electron chi connectivity index (χ4n) is 5.85. The second-order valence-electron chi connectivity index (χ2n) is 9.92. The van der Waals surface area contributed by atoms with Crippen LogP contribution in [0.2, 0.25) is 0 Å². The molecule has 35 heavy (non-hydrogen) atoms. The first-order chi connectivity index (χ1) is 17.0. The number of hydrogen-bond acceptors (Lipinski definition) is 0. The van der Waals surface area contributed by atoms with Crippen molar-refractivity contribution < 1.29 is 0 Å². The standard InChI is InChI=1S/C32H39Cl2N/c1-6-9-10-12-23-14-16-31-27(18-23)26-17-21(4)13-15-30(26)35(31)32-25(11-7-2)29(20-34)24(8-3)22(5)28(32)19-33/h13-18H,6-12,19-20H2,1-5H3. The van der Waals surface area contributed by atoms with Crippen LogP contribution in [0.5, 0.6) is 0 Å². The van der Waals surface area contributed by atoms with Gasteiger partial charge in [-0.15, -0.1) is 23.2 Å². The maximum Gasteiger partial charge on any atom is 0.0544 e. The van der Waals surface area contributed by atoms with Gasteiger partial charge in [0.25, 0.3) is 0 Å². The van der Waals surface area contributed by atoms with Crippen LogP contribution in [0.15, 0.2) is 36.4 Å². The largest absolute Gasteiger partial charge is 0.309 e. The summed E-state index contributed by atoms with van der Waals surface area (Å²) in [6, 6.07) is 14.0. The summed E-state index contributed by atoms with van der Waals surface area (Å²) in [6.45, 7) is 11.2. The molecule has 1 nitrogen and oxygen atoms in total. The third-order valence-electron chi connectivity index (χ3n) is 7.60. The summed E-state index contributed by atoms with van der Waals surface area (Å²) in [5.74, 6) is 1.03. The van der Waals surface area contributed by atoms with Gasteiger partial charge in [-0.2, -0.15) is 0 Å². The molecular formula is C32H39Cl2N. The van der Waals surface area contributed by atoms with Crippen molar-refractivity contribution in [2.24, 2.45) is 0 Å². The molecule has 3 aromatic carbocycles. The van der Waals surface area contributed by atoms with Gasteiger partial charge in [-0.3, -0.25) is 0 Å². The summed E-state index contributed by atoms with van der Waals surface area (Å²) in [6.07, 6.45) is 7.95. The Hall–Kier alpha value is -1.96. The number of fused-ring (bicyclic) bond motifs is 3. The number of benzene rings is 3. The normalized spacial score (nSPS) is 11.7. The molecule has 0 aliphatic rings. The van der Waals surface area contributed by atoms with E-state index in [0.29, 0.717) is 11.8 Å². The number of alkyl halides is 2. The van der Waals surface area contributed by atoms with Crippen molar-refractivity contribution >= 4 is 45.0 Å². The Morgan fingerprint density at radius 2 is 1.37 bits per heavy atom. The first-order valence-electron chi connectivity index (χ1n) is 13.3. The molecule has 0 amide bonds. The molecule has 4 aromatic rings. The predicted octanol–water partition coefficient (Wildman–Crippen LogP) is 10.1. The van der Waals surface area contributed by atoms with Crippen LogP contribution in [0, 0.1) is 13.8 Å². The molecular weight excluding hydrogens is 469 g/mol. The van der Waals surface area contributed by atoms with Gasteiger partial charge in [-0.05, 0) is 97.2 Å². The van der Waals surface area contributed by atoms with E-state index < -0.39 is 0 Å². The maximum atomic E-state index is 6.73. The molecule has 0 saturated heterocycles. The number of unbranched alkanes of at least 4 members (excludes halogenated alkanes) is 2. The van der Waals surface area contributed by atoms with Crippen LogP contribution in [-0.4, -0.2) is 4.57 Å². The number of rotatable bonds is 10. The van der Waals surface area contributed by atoms with Gasteiger partial charge < -0.3 is 4.57 Å². The van der Waals surface area contributed by atoms with Crippen LogP contribution < -0.4 is 0 Å². The summed E-state index contributed by atoms with van der Waals surface area (Å²) in [5.41, 5.74) is 13.1. The molecule has 0 saturated carbocycles. The van der Waals surface area contributed by atoms with Crippen molar-refractivity contribution in [1.29, 1.82) is 0 Å². The van der Waals surface area contributed by atoms with Crippen molar-refractivity contribution in [3.05, 3.63) is 75.3 Å². The highest BCUT2D eigenvalue weighted by Crippen LogP contribution is 2.40. The predicted molar refractivity (Wildman–Crippen MR) is 156 cm³/mol. The van der Waals surface area contributed by atoms with E-state index in [0.717, 1.165) is 25.7 Å². The van der Waals surface area contributed by atoms with Crippen LogP contribution in [0.3, 0.4) is 0 Å². The Kier molecular flexibility index (Phi) is 8.50. The first-order valence-corrected chi connectivity index (χ1v) is 14.4. The van der Waals surface area contributed by atoms with Crippen LogP contribution in [0.4, 0.5) is 0 Å². The van der Waals surface area contributed by atoms with Crippen LogP contribution in [0.1, 0.15) is 85.4 Å². The number of aromatic nitrogens is 1. The molecule has 0 radical (unpaired) electrons. The van der Waals surface area contributed by atoms with E-state index in [1.807, 2.05) is 0 Å². The summed E-state index contributed by atoms with van der Waals surface area (Å²) < 4.78 is 2.49. The van der Waals surface area contributed by atoms with Gasteiger partial charge in [0, 0.05) is 22.5 Å². The average molecular weight is 509 g/mol. The quantitative estimate of drug-likeness (QED) is 0.148. The van der Waals surface area contributed by atoms with Crippen LogP contribution in [0.25, 0.3) is 27.5 Å². The number of hydrogen-bond donors (Lipinski definition) is 0. The van der Waals surface area contributed by atoms with E-state index in [2.05, 4.69) is 75.6 Å². The highest BCUT2D eigenvalue weighted by atomic mass is 35.5. The van der Waals surface area contributed by atoms with E-state index in [9.17, 15) is 0 Å². The molecule has 4 rings (SSSR count). The Bertz CT molecular complexity index is 1350. The fourth-order valence-corrected chi connectivity index (χ4v) is 6.50. The zero-order chi connectivity index (χ0) is 25.1. The van der Waals surface area contributed by atoms with Gasteiger partial charge in [-0.1, -0.05) is 57.7 Å². The Morgan fingerprint density at radius 1 is 0.686 bits per heavy atom. The van der Waals surface area contributed by atoms with E-state index in [1.54, 1.807) is 0 Å². The molecule has 0 spiro atoms. The monoisotopic (exact) mass is 507 g/mol. The van der Waals surface area contributed by atoms with Gasteiger partial charge >= 0.3 is 0 Å². The molecule has 0 atom stereocenters. The Labute approximate surface area is 221 Å². The van der Waals surface area contributed by atoms with Crippen LogP contribution in [-0.2, 0) is 31.0 Å². The summed E-state index contributed by atoms with van der Waals surface area (Å²) in [4.78, 5) is 0. The van der Waals surface area contributed by atoms with E-state index in [4.69, 9.17) is 23.2 Å². The Balaban J connectivity index is 2.12. The van der Waals surface area contributed by atoms with Crippen molar-refractivity contribution in [3.8, 4) is 5.69 Å². The molecule has 0 N–H and O–H groups in total. The maximum absolute atomic E-state index is 6.73. The number of aryl methyl sites for hydroxylation is 2. The highest BCUT2D eigenvalue weighted by molar-refractivity contribution is 6.18. The van der Waals surface area contributed by atoms with Gasteiger partial charge in [0.05, 0.1) is 16.7 Å². The van der Waals surface area contributed by atoms with Gasteiger partial charge in [0.2, 0.25) is 0 Å². The average Bonchev–Trinajstić information content (AvgIpc) is 3.17. The highest BCUT2D eigenvalue weighted by Gasteiger charge is 2.24. The van der Waals surface area contributed by atoms with Gasteiger partial charge in [-0.25, -0.2) is 0 Å². The van der Waals surface area contributed by atoms with Crippen molar-refractivity contribution in [1.82, 2.24) is 4.57 Å². The molecule has 1 aromatic heterocycles. The second kappa shape index (κ2) is 11.4. The molecule has 3 heteroatoms. The smallest absolute Gasteiger partial charge is 0.0544 e. The van der Waals surface area contributed by atoms with E-state index in [1.165, 1.54) is 85.7 Å².